The highest BCUT2D eigenvalue weighted by Gasteiger charge is 2.27. The molecule has 2 atom stereocenters. The normalized spacial score (nSPS) is 23.7. The van der Waals surface area contributed by atoms with Crippen molar-refractivity contribution in [3.63, 3.8) is 0 Å². The molecule has 0 bridgehead atoms. The van der Waals surface area contributed by atoms with E-state index in [9.17, 15) is 9.59 Å². The van der Waals surface area contributed by atoms with Crippen molar-refractivity contribution in [2.24, 2.45) is 5.92 Å². The summed E-state index contributed by atoms with van der Waals surface area (Å²) in [6.45, 7) is 1.31. The fraction of sp³-hybridized carbons (Fsp3) is 0.385. The van der Waals surface area contributed by atoms with Gasteiger partial charge in [-0.05, 0) is 30.5 Å². The van der Waals surface area contributed by atoms with Crippen LogP contribution in [0.1, 0.15) is 19.1 Å². The number of carbonyl (C=O) groups excluding carboxylic acids is 2. The first-order chi connectivity index (χ1) is 8.15. The zero-order valence-electron chi connectivity index (χ0n) is 9.59. The van der Waals surface area contributed by atoms with E-state index in [2.05, 4.69) is 0 Å². The Morgan fingerprint density at radius 2 is 2.41 bits per heavy atom. The van der Waals surface area contributed by atoms with Crippen molar-refractivity contribution in [2.45, 2.75) is 25.9 Å². The van der Waals surface area contributed by atoms with Gasteiger partial charge in [0.05, 0.1) is 6.26 Å². The quantitative estimate of drug-likeness (QED) is 0.749. The molecule has 0 saturated heterocycles. The lowest BCUT2D eigenvalue weighted by atomic mass is 9.89. The molecular formula is C13H14O4. The Labute approximate surface area is 99.3 Å². The zero-order chi connectivity index (χ0) is 12.3. The summed E-state index contributed by atoms with van der Waals surface area (Å²) in [5.74, 6) is 0.477. The molecule has 4 nitrogen and oxygen atoms in total. The lowest BCUT2D eigenvalue weighted by Crippen LogP contribution is -2.30. The molecule has 0 unspecified atom stereocenters. The number of rotatable bonds is 3. The molecule has 90 valence electrons. The maximum atomic E-state index is 11.5. The molecule has 1 aromatic heterocycles. The van der Waals surface area contributed by atoms with Crippen LogP contribution in [0.4, 0.5) is 0 Å². The number of esters is 1. The van der Waals surface area contributed by atoms with Gasteiger partial charge in [-0.2, -0.15) is 0 Å². The summed E-state index contributed by atoms with van der Waals surface area (Å²) in [6, 6.07) is 3.72. The predicted molar refractivity (Wildman–Crippen MR) is 60.2 cm³/mol. The van der Waals surface area contributed by atoms with Crippen molar-refractivity contribution in [1.29, 1.82) is 0 Å². The van der Waals surface area contributed by atoms with E-state index in [4.69, 9.17) is 9.15 Å². The van der Waals surface area contributed by atoms with Crippen molar-refractivity contribution in [1.82, 2.24) is 0 Å². The van der Waals surface area contributed by atoms with Crippen LogP contribution in [0.2, 0.25) is 0 Å². The molecule has 4 heteroatoms. The van der Waals surface area contributed by atoms with Crippen molar-refractivity contribution in [3.8, 4) is 0 Å². The Morgan fingerprint density at radius 1 is 1.59 bits per heavy atom. The molecule has 0 radical (unpaired) electrons. The van der Waals surface area contributed by atoms with Crippen molar-refractivity contribution in [3.05, 3.63) is 36.3 Å². The average Bonchev–Trinajstić information content (AvgIpc) is 2.75. The lowest BCUT2D eigenvalue weighted by molar-refractivity contribution is -0.152. The van der Waals surface area contributed by atoms with E-state index in [1.807, 2.05) is 18.2 Å². The summed E-state index contributed by atoms with van der Waals surface area (Å²) in [4.78, 5) is 22.4. The topological polar surface area (TPSA) is 56.5 Å². The third-order valence-electron chi connectivity index (χ3n) is 2.72. The number of furan rings is 1. The van der Waals surface area contributed by atoms with E-state index in [0.717, 1.165) is 5.76 Å². The van der Waals surface area contributed by atoms with Gasteiger partial charge in [0.1, 0.15) is 5.76 Å². The molecule has 0 amide bonds. The van der Waals surface area contributed by atoms with Crippen LogP contribution in [0.25, 0.3) is 0 Å². The van der Waals surface area contributed by atoms with Crippen LogP contribution in [-0.2, 0) is 20.7 Å². The summed E-state index contributed by atoms with van der Waals surface area (Å²) in [5.41, 5.74) is 0. The number of hydrogen-bond donors (Lipinski definition) is 0. The first-order valence-electron chi connectivity index (χ1n) is 5.57. The molecule has 0 saturated carbocycles. The Bertz CT molecular complexity index is 430. The zero-order valence-corrected chi connectivity index (χ0v) is 9.59. The second-order valence-corrected chi connectivity index (χ2v) is 4.14. The lowest BCUT2D eigenvalue weighted by Gasteiger charge is -2.22. The molecule has 1 aliphatic carbocycles. The predicted octanol–water partition coefficient (Wildman–Crippen LogP) is 1.90. The fourth-order valence-corrected chi connectivity index (χ4v) is 1.95. The van der Waals surface area contributed by atoms with Gasteiger partial charge in [0.15, 0.2) is 11.9 Å². The number of hydrogen-bond acceptors (Lipinski definition) is 4. The molecule has 17 heavy (non-hydrogen) atoms. The van der Waals surface area contributed by atoms with Crippen molar-refractivity contribution >= 4 is 11.8 Å². The minimum atomic E-state index is -0.641. The Hall–Kier alpha value is -1.84. The van der Waals surface area contributed by atoms with Gasteiger partial charge in [-0.15, -0.1) is 0 Å². The number of allylic oxidation sites excluding steroid dienone is 1. The van der Waals surface area contributed by atoms with Crippen LogP contribution in [0.5, 0.6) is 0 Å². The van der Waals surface area contributed by atoms with Gasteiger partial charge in [0, 0.05) is 13.3 Å². The molecule has 0 spiro atoms. The highest BCUT2D eigenvalue weighted by atomic mass is 16.5. The van der Waals surface area contributed by atoms with Crippen LogP contribution >= 0.6 is 0 Å². The molecule has 2 rings (SSSR count). The maximum absolute atomic E-state index is 11.5. The summed E-state index contributed by atoms with van der Waals surface area (Å²) >= 11 is 0. The second-order valence-electron chi connectivity index (χ2n) is 4.14. The highest BCUT2D eigenvalue weighted by molar-refractivity contribution is 5.95. The highest BCUT2D eigenvalue weighted by Crippen LogP contribution is 2.22. The van der Waals surface area contributed by atoms with Crippen LogP contribution < -0.4 is 0 Å². The van der Waals surface area contributed by atoms with Gasteiger partial charge in [-0.25, -0.2) is 0 Å². The molecular weight excluding hydrogens is 220 g/mol. The van der Waals surface area contributed by atoms with E-state index < -0.39 is 12.1 Å². The Balaban J connectivity index is 1.99. The third-order valence-corrected chi connectivity index (χ3v) is 2.72. The number of carbonyl (C=O) groups is 2. The third kappa shape index (κ3) is 3.06. The summed E-state index contributed by atoms with van der Waals surface area (Å²) in [5, 5.41) is 0. The molecule has 0 fully saturated rings. The average molecular weight is 234 g/mol. The first kappa shape index (κ1) is 11.6. The minimum Gasteiger partial charge on any atom is -0.469 e. The standard InChI is InChI=1S/C13H14O4/c1-9(14)17-13-8-10(4-5-12(13)15)7-11-3-2-6-16-11/h2-6,10,13H,7-8H2,1H3/t10-,13+/m0/s1. The van der Waals surface area contributed by atoms with E-state index in [1.165, 1.54) is 13.0 Å². The van der Waals surface area contributed by atoms with E-state index >= 15 is 0 Å². The summed E-state index contributed by atoms with van der Waals surface area (Å²) < 4.78 is 10.2. The molecule has 0 aromatic carbocycles. The maximum Gasteiger partial charge on any atom is 0.303 e. The van der Waals surface area contributed by atoms with Gasteiger partial charge in [0.2, 0.25) is 0 Å². The minimum absolute atomic E-state index is 0.143. The summed E-state index contributed by atoms with van der Waals surface area (Å²) in [7, 11) is 0. The second kappa shape index (κ2) is 4.99. The van der Waals surface area contributed by atoms with Crippen LogP contribution in [0, 0.1) is 5.92 Å². The number of ketones is 1. The molecule has 0 N–H and O–H groups in total. The summed E-state index contributed by atoms with van der Waals surface area (Å²) in [6.07, 6.45) is 5.56. The van der Waals surface area contributed by atoms with Gasteiger partial charge < -0.3 is 9.15 Å². The van der Waals surface area contributed by atoms with Crippen molar-refractivity contribution in [2.75, 3.05) is 0 Å². The smallest absolute Gasteiger partial charge is 0.303 e. The molecule has 0 aliphatic heterocycles. The Kier molecular flexibility index (Phi) is 3.42. The van der Waals surface area contributed by atoms with E-state index in [0.29, 0.717) is 12.8 Å². The molecule has 1 heterocycles. The van der Waals surface area contributed by atoms with Crippen LogP contribution in [0.3, 0.4) is 0 Å². The Morgan fingerprint density at radius 3 is 3.06 bits per heavy atom. The van der Waals surface area contributed by atoms with E-state index in [-0.39, 0.29) is 11.7 Å². The van der Waals surface area contributed by atoms with Crippen LogP contribution in [0.15, 0.2) is 35.0 Å². The largest absolute Gasteiger partial charge is 0.469 e. The SMILES string of the molecule is CC(=O)O[C@@H]1C[C@H](Cc2ccco2)C=CC1=O. The number of ether oxygens (including phenoxy) is 1. The van der Waals surface area contributed by atoms with Gasteiger partial charge in [-0.1, -0.05) is 6.08 Å². The first-order valence-corrected chi connectivity index (χ1v) is 5.57. The van der Waals surface area contributed by atoms with Crippen LogP contribution in [-0.4, -0.2) is 17.9 Å². The van der Waals surface area contributed by atoms with E-state index in [1.54, 1.807) is 6.26 Å². The monoisotopic (exact) mass is 234 g/mol. The van der Waals surface area contributed by atoms with Gasteiger partial charge >= 0.3 is 5.97 Å². The molecule has 1 aromatic rings. The molecule has 1 aliphatic rings. The fourth-order valence-electron chi connectivity index (χ4n) is 1.95. The van der Waals surface area contributed by atoms with Gasteiger partial charge in [-0.3, -0.25) is 9.59 Å². The van der Waals surface area contributed by atoms with Crippen molar-refractivity contribution < 1.29 is 18.7 Å². The van der Waals surface area contributed by atoms with Gasteiger partial charge in [0.25, 0.3) is 0 Å².